The van der Waals surface area contributed by atoms with Gasteiger partial charge in [-0.2, -0.15) is 8.78 Å². The number of fused-ring (bicyclic) bond motifs is 1. The molecule has 1 amide bonds. The van der Waals surface area contributed by atoms with Gasteiger partial charge in [0.1, 0.15) is 10.6 Å². The van der Waals surface area contributed by atoms with Crippen molar-refractivity contribution in [2.45, 2.75) is 32.5 Å². The van der Waals surface area contributed by atoms with Crippen molar-refractivity contribution in [3.63, 3.8) is 0 Å². The number of halogens is 2. The maximum absolute atomic E-state index is 12.3. The summed E-state index contributed by atoms with van der Waals surface area (Å²) in [6.07, 6.45) is 1.56. The van der Waals surface area contributed by atoms with Gasteiger partial charge in [0.2, 0.25) is 5.91 Å². The smallest absolute Gasteiger partial charge is 0.387 e. The number of nitrogens with one attached hydrogen (secondary N) is 1. The highest BCUT2D eigenvalue weighted by molar-refractivity contribution is 7.16. The lowest BCUT2D eigenvalue weighted by Crippen LogP contribution is -2.29. The lowest BCUT2D eigenvalue weighted by Gasteiger charge is -2.15. The Labute approximate surface area is 157 Å². The van der Waals surface area contributed by atoms with Crippen LogP contribution < -0.4 is 15.6 Å². The highest BCUT2D eigenvalue weighted by atomic mass is 32.1. The minimum absolute atomic E-state index is 0.0583. The van der Waals surface area contributed by atoms with E-state index in [1.165, 1.54) is 34.4 Å². The van der Waals surface area contributed by atoms with Crippen molar-refractivity contribution in [2.75, 3.05) is 0 Å². The fourth-order valence-corrected chi connectivity index (χ4v) is 3.33. The molecule has 1 unspecified atom stereocenters. The van der Waals surface area contributed by atoms with Crippen LogP contribution in [0.1, 0.15) is 24.9 Å². The number of amides is 1. The number of hydrogen-bond acceptors (Lipinski definition) is 5. The predicted octanol–water partition coefficient (Wildman–Crippen LogP) is 3.33. The Kier molecular flexibility index (Phi) is 5.80. The molecule has 0 saturated carbocycles. The van der Waals surface area contributed by atoms with Gasteiger partial charge in [-0.3, -0.25) is 14.2 Å². The van der Waals surface area contributed by atoms with E-state index in [9.17, 15) is 18.4 Å². The second-order valence-corrected chi connectivity index (χ2v) is 6.76. The monoisotopic (exact) mass is 393 g/mol. The molecule has 0 aliphatic heterocycles. The van der Waals surface area contributed by atoms with Gasteiger partial charge in [0.25, 0.3) is 5.56 Å². The first-order valence-corrected chi connectivity index (χ1v) is 9.09. The normalized spacial score (nSPS) is 12.3. The second-order valence-electron chi connectivity index (χ2n) is 5.87. The summed E-state index contributed by atoms with van der Waals surface area (Å²) in [6.45, 7) is -0.872. The van der Waals surface area contributed by atoms with Crippen LogP contribution in [-0.4, -0.2) is 22.1 Å². The largest absolute Gasteiger partial charge is 0.435 e. The molecule has 0 fully saturated rings. The number of alkyl halides is 2. The molecule has 1 atom stereocenters. The molecule has 0 radical (unpaired) electrons. The molecule has 2 aromatic heterocycles. The van der Waals surface area contributed by atoms with Crippen LogP contribution in [0.25, 0.3) is 10.2 Å². The number of ether oxygens (including phenoxy) is 1. The van der Waals surface area contributed by atoms with Crippen molar-refractivity contribution in [3.8, 4) is 5.75 Å². The first-order chi connectivity index (χ1) is 12.9. The summed E-state index contributed by atoms with van der Waals surface area (Å²) in [6, 6.07) is 7.47. The number of nitrogens with zero attached hydrogens (tertiary/aromatic N) is 2. The van der Waals surface area contributed by atoms with Crippen LogP contribution in [0.15, 0.2) is 46.8 Å². The zero-order valence-electron chi connectivity index (χ0n) is 14.4. The molecule has 3 aromatic rings. The molecule has 0 aliphatic rings. The van der Waals surface area contributed by atoms with Crippen molar-refractivity contribution >= 4 is 27.5 Å². The third-order valence-corrected chi connectivity index (χ3v) is 4.83. The van der Waals surface area contributed by atoms with E-state index in [0.29, 0.717) is 10.2 Å². The number of rotatable bonds is 7. The summed E-state index contributed by atoms with van der Waals surface area (Å²) in [4.78, 5) is 29.3. The van der Waals surface area contributed by atoms with E-state index >= 15 is 0 Å². The molecule has 0 spiro atoms. The first-order valence-electron chi connectivity index (χ1n) is 8.21. The van der Waals surface area contributed by atoms with E-state index in [1.54, 1.807) is 30.5 Å². The van der Waals surface area contributed by atoms with Crippen LogP contribution in [0.5, 0.6) is 5.75 Å². The van der Waals surface area contributed by atoms with Crippen molar-refractivity contribution in [3.05, 3.63) is 58.0 Å². The lowest BCUT2D eigenvalue weighted by atomic mass is 10.1. The molecular weight excluding hydrogens is 376 g/mol. The summed E-state index contributed by atoms with van der Waals surface area (Å²) >= 11 is 1.39. The van der Waals surface area contributed by atoms with Crippen molar-refractivity contribution in [2.24, 2.45) is 0 Å². The van der Waals surface area contributed by atoms with Crippen molar-refractivity contribution in [1.82, 2.24) is 14.9 Å². The van der Waals surface area contributed by atoms with Gasteiger partial charge < -0.3 is 10.1 Å². The van der Waals surface area contributed by atoms with Crippen LogP contribution in [0.2, 0.25) is 0 Å². The van der Waals surface area contributed by atoms with Gasteiger partial charge in [-0.25, -0.2) is 4.98 Å². The highest BCUT2D eigenvalue weighted by Crippen LogP contribution is 2.19. The topological polar surface area (TPSA) is 73.2 Å². The summed E-state index contributed by atoms with van der Waals surface area (Å²) in [5.74, 6) is -0.171. The van der Waals surface area contributed by atoms with Crippen molar-refractivity contribution < 1.29 is 18.3 Å². The van der Waals surface area contributed by atoms with Gasteiger partial charge in [-0.1, -0.05) is 12.1 Å². The zero-order chi connectivity index (χ0) is 19.4. The van der Waals surface area contributed by atoms with Crippen molar-refractivity contribution in [1.29, 1.82) is 0 Å². The Hall–Kier alpha value is -2.81. The Balaban J connectivity index is 1.56. The van der Waals surface area contributed by atoms with Crippen LogP contribution in [0.4, 0.5) is 8.78 Å². The summed E-state index contributed by atoms with van der Waals surface area (Å²) < 4.78 is 30.0. The summed E-state index contributed by atoms with van der Waals surface area (Å²) in [5.41, 5.74) is 0.584. The van der Waals surface area contributed by atoms with Gasteiger partial charge in [0.15, 0.2) is 0 Å². The summed E-state index contributed by atoms with van der Waals surface area (Å²) in [5, 5.41) is 5.16. The molecule has 6 nitrogen and oxygen atoms in total. The second kappa shape index (κ2) is 8.26. The molecule has 142 valence electrons. The Morgan fingerprint density at radius 2 is 2.04 bits per heavy atom. The number of thiophene rings is 1. The van der Waals surface area contributed by atoms with Crippen LogP contribution in [0.3, 0.4) is 0 Å². The van der Waals surface area contributed by atoms with Gasteiger partial charge in [0, 0.05) is 13.0 Å². The van der Waals surface area contributed by atoms with E-state index in [1.807, 2.05) is 0 Å². The van der Waals surface area contributed by atoms with E-state index in [0.717, 1.165) is 5.56 Å². The molecule has 9 heteroatoms. The van der Waals surface area contributed by atoms with Gasteiger partial charge >= 0.3 is 6.61 Å². The molecule has 1 aromatic carbocycles. The van der Waals surface area contributed by atoms with Crippen LogP contribution in [-0.2, 0) is 11.3 Å². The maximum Gasteiger partial charge on any atom is 0.387 e. The van der Waals surface area contributed by atoms with Crippen LogP contribution >= 0.6 is 11.3 Å². The SMILES string of the molecule is CC(NC(=O)CCn1cnc2sccc2c1=O)c1ccc(OC(F)F)cc1. The molecular formula is C18H17F2N3O3S. The third kappa shape index (κ3) is 4.68. The van der Waals surface area contributed by atoms with Crippen LogP contribution in [0, 0.1) is 0 Å². The number of benzene rings is 1. The van der Waals surface area contributed by atoms with E-state index < -0.39 is 6.61 Å². The third-order valence-electron chi connectivity index (χ3n) is 4.01. The number of hydrogen-bond donors (Lipinski definition) is 1. The molecule has 2 heterocycles. The Morgan fingerprint density at radius 1 is 1.30 bits per heavy atom. The fraction of sp³-hybridized carbons (Fsp3) is 0.278. The lowest BCUT2D eigenvalue weighted by molar-refractivity contribution is -0.122. The molecule has 0 saturated heterocycles. The molecule has 27 heavy (non-hydrogen) atoms. The number of aryl methyl sites for hydroxylation is 1. The Morgan fingerprint density at radius 3 is 2.74 bits per heavy atom. The number of carbonyl (C=O) groups excluding carboxylic acids is 1. The molecule has 0 aliphatic carbocycles. The fourth-order valence-electron chi connectivity index (χ4n) is 2.61. The Bertz CT molecular complexity index is 985. The average Bonchev–Trinajstić information content (AvgIpc) is 3.11. The van der Waals surface area contributed by atoms with E-state index in [-0.39, 0.29) is 36.2 Å². The maximum atomic E-state index is 12.3. The molecule has 0 bridgehead atoms. The standard InChI is InChI=1S/C18H17F2N3O3S/c1-11(12-2-4-13(5-3-12)26-18(19)20)22-15(24)6-8-23-10-21-16-14(17(23)25)7-9-27-16/h2-5,7,9-11,18H,6,8H2,1H3,(H,22,24). The van der Waals surface area contributed by atoms with E-state index in [2.05, 4.69) is 15.0 Å². The predicted molar refractivity (Wildman–Crippen MR) is 98.1 cm³/mol. The molecule has 1 N–H and O–H groups in total. The van der Waals surface area contributed by atoms with E-state index in [4.69, 9.17) is 0 Å². The number of carbonyl (C=O) groups is 1. The zero-order valence-corrected chi connectivity index (χ0v) is 15.2. The van der Waals surface area contributed by atoms with Gasteiger partial charge in [0.05, 0.1) is 17.8 Å². The minimum Gasteiger partial charge on any atom is -0.435 e. The molecule has 3 rings (SSSR count). The van der Waals surface area contributed by atoms with Gasteiger partial charge in [-0.15, -0.1) is 11.3 Å². The van der Waals surface area contributed by atoms with Gasteiger partial charge in [-0.05, 0) is 36.1 Å². The average molecular weight is 393 g/mol. The first kappa shape index (κ1) is 19.0. The highest BCUT2D eigenvalue weighted by Gasteiger charge is 2.12. The summed E-state index contributed by atoms with van der Waals surface area (Å²) in [7, 11) is 0. The quantitative estimate of drug-likeness (QED) is 0.668. The minimum atomic E-state index is -2.88. The number of aromatic nitrogens is 2.